The van der Waals surface area contributed by atoms with Gasteiger partial charge in [0, 0.05) is 18.3 Å². The summed E-state index contributed by atoms with van der Waals surface area (Å²) in [5.41, 5.74) is -0.538. The number of carbonyl (C=O) groups is 3. The van der Waals surface area contributed by atoms with Crippen molar-refractivity contribution in [3.05, 3.63) is 63.8 Å². The van der Waals surface area contributed by atoms with Crippen molar-refractivity contribution >= 4 is 28.8 Å². The average Bonchev–Trinajstić information content (AvgIpc) is 3.38. The molecule has 2 aromatic heterocycles. The predicted molar refractivity (Wildman–Crippen MR) is 103 cm³/mol. The number of ether oxygens (including phenoxy) is 1. The maximum Gasteiger partial charge on any atom is 0.322 e. The third kappa shape index (κ3) is 2.50. The highest BCUT2D eigenvalue weighted by Crippen LogP contribution is 2.34. The molecule has 0 bridgehead atoms. The molecular formula is C20H16N4O6. The molecule has 0 unspecified atom stereocenters. The summed E-state index contributed by atoms with van der Waals surface area (Å²) in [5, 5.41) is 5.02. The van der Waals surface area contributed by atoms with Crippen LogP contribution in [0.15, 0.2) is 45.7 Å². The van der Waals surface area contributed by atoms with Gasteiger partial charge in [-0.05, 0) is 29.8 Å². The summed E-state index contributed by atoms with van der Waals surface area (Å²) in [5.74, 6) is -0.350. The van der Waals surface area contributed by atoms with Gasteiger partial charge in [0.2, 0.25) is 0 Å². The van der Waals surface area contributed by atoms with E-state index < -0.39 is 17.5 Å². The predicted octanol–water partition coefficient (Wildman–Crippen LogP) is 0.820. The number of amides is 4. The lowest BCUT2D eigenvalue weighted by Crippen LogP contribution is -2.52. The number of benzene rings is 1. The number of imide groups is 1. The molecule has 0 saturated carbocycles. The smallest absolute Gasteiger partial charge is 0.322 e. The number of pyridine rings is 1. The van der Waals surface area contributed by atoms with Gasteiger partial charge >= 0.3 is 6.03 Å². The zero-order chi connectivity index (χ0) is 21.0. The summed E-state index contributed by atoms with van der Waals surface area (Å²) in [7, 11) is 1.51. The topological polar surface area (TPSA) is 134 Å². The second-order valence-electron chi connectivity index (χ2n) is 7.19. The van der Waals surface area contributed by atoms with Crippen LogP contribution in [0.1, 0.15) is 21.7 Å². The van der Waals surface area contributed by atoms with Crippen LogP contribution in [0.3, 0.4) is 0 Å². The second kappa shape index (κ2) is 6.21. The third-order valence-corrected chi connectivity index (χ3v) is 5.44. The number of nitrogens with zero attached hydrogens (tertiary/aromatic N) is 1. The van der Waals surface area contributed by atoms with Crippen molar-refractivity contribution in [1.82, 2.24) is 20.5 Å². The van der Waals surface area contributed by atoms with E-state index in [4.69, 9.17) is 9.15 Å². The van der Waals surface area contributed by atoms with Crippen LogP contribution in [-0.4, -0.2) is 41.4 Å². The lowest BCUT2D eigenvalue weighted by molar-refractivity contribution is -0.125. The minimum absolute atomic E-state index is 0.0684. The molecule has 3 aromatic rings. The molecule has 0 spiro atoms. The van der Waals surface area contributed by atoms with E-state index in [0.29, 0.717) is 11.3 Å². The number of carbonyl (C=O) groups excluding carboxylic acids is 3. The standard InChI is InChI=1S/C20H16N4O6/c1-29-11-3-2-10-8-24(17(26)12(10)6-11)9-20(18(27)22-19(28)23-20)15-7-13-14(30-15)4-5-21-16(13)25/h2-7H,8-9H2,1H3,(H,21,25)(H2,22,23,27,28)/t20-/m0/s1. The summed E-state index contributed by atoms with van der Waals surface area (Å²) in [6, 6.07) is 7.42. The summed E-state index contributed by atoms with van der Waals surface area (Å²) in [6.07, 6.45) is 1.42. The normalized spacial score (nSPS) is 20.4. The Labute approximate surface area is 168 Å². The summed E-state index contributed by atoms with van der Waals surface area (Å²) in [6.45, 7) is 0.0853. The van der Waals surface area contributed by atoms with Crippen molar-refractivity contribution in [3.8, 4) is 5.75 Å². The largest absolute Gasteiger partial charge is 0.497 e. The van der Waals surface area contributed by atoms with Crippen LogP contribution in [0, 0.1) is 0 Å². The summed E-state index contributed by atoms with van der Waals surface area (Å²) < 4.78 is 10.9. The van der Waals surface area contributed by atoms with Crippen LogP contribution < -0.4 is 20.9 Å². The van der Waals surface area contributed by atoms with Gasteiger partial charge in [-0.2, -0.15) is 0 Å². The van der Waals surface area contributed by atoms with Gasteiger partial charge in [0.25, 0.3) is 17.4 Å². The molecule has 5 rings (SSSR count). The van der Waals surface area contributed by atoms with Crippen molar-refractivity contribution in [2.75, 3.05) is 13.7 Å². The zero-order valence-electron chi connectivity index (χ0n) is 15.8. The molecule has 1 fully saturated rings. The first-order valence-electron chi connectivity index (χ1n) is 9.13. The Bertz CT molecular complexity index is 1290. The minimum Gasteiger partial charge on any atom is -0.497 e. The number of rotatable bonds is 4. The number of hydrogen-bond donors (Lipinski definition) is 3. The first kappa shape index (κ1) is 18.0. The molecule has 3 N–H and O–H groups in total. The molecule has 0 aliphatic carbocycles. The lowest BCUT2D eigenvalue weighted by atomic mass is 9.95. The van der Waals surface area contributed by atoms with Gasteiger partial charge < -0.3 is 24.4 Å². The number of furan rings is 1. The molecule has 2 aliphatic heterocycles. The van der Waals surface area contributed by atoms with E-state index in [1.807, 2.05) is 0 Å². The van der Waals surface area contributed by atoms with Crippen LogP contribution in [0.25, 0.3) is 11.0 Å². The molecule has 1 aromatic carbocycles. The Morgan fingerprint density at radius 3 is 2.70 bits per heavy atom. The van der Waals surface area contributed by atoms with Gasteiger partial charge in [-0.15, -0.1) is 0 Å². The Kier molecular flexibility index (Phi) is 3.72. The fraction of sp³-hybridized carbons (Fsp3) is 0.200. The molecule has 1 atom stereocenters. The summed E-state index contributed by atoms with van der Waals surface area (Å²) in [4.78, 5) is 53.9. The first-order chi connectivity index (χ1) is 14.4. The highest BCUT2D eigenvalue weighted by Gasteiger charge is 2.53. The number of aromatic amines is 1. The van der Waals surface area contributed by atoms with Crippen molar-refractivity contribution in [3.63, 3.8) is 0 Å². The molecule has 152 valence electrons. The molecule has 4 amide bonds. The number of urea groups is 1. The second-order valence-corrected chi connectivity index (χ2v) is 7.19. The number of nitrogens with one attached hydrogen (secondary N) is 3. The fourth-order valence-electron chi connectivity index (χ4n) is 3.92. The van der Waals surface area contributed by atoms with Crippen molar-refractivity contribution in [2.24, 2.45) is 0 Å². The number of hydrogen-bond acceptors (Lipinski definition) is 6. The van der Waals surface area contributed by atoms with Gasteiger partial charge in [0.1, 0.15) is 17.1 Å². The van der Waals surface area contributed by atoms with E-state index >= 15 is 0 Å². The SMILES string of the molecule is COc1ccc2c(c1)C(=O)N(C[C@@]1(c3cc4c(=O)[nH]ccc4o3)NC(=O)NC1=O)C2. The van der Waals surface area contributed by atoms with Crippen molar-refractivity contribution < 1.29 is 23.5 Å². The average molecular weight is 408 g/mol. The third-order valence-electron chi connectivity index (χ3n) is 5.44. The van der Waals surface area contributed by atoms with E-state index in [1.54, 1.807) is 24.3 Å². The Morgan fingerprint density at radius 1 is 1.17 bits per heavy atom. The Hall–Kier alpha value is -4.08. The van der Waals surface area contributed by atoms with E-state index in [2.05, 4.69) is 15.6 Å². The monoisotopic (exact) mass is 408 g/mol. The number of methoxy groups -OCH3 is 1. The van der Waals surface area contributed by atoms with Gasteiger partial charge in [-0.1, -0.05) is 6.07 Å². The Balaban J connectivity index is 1.57. The molecular weight excluding hydrogens is 392 g/mol. The number of H-pyrrole nitrogens is 1. The van der Waals surface area contributed by atoms with Gasteiger partial charge in [-0.3, -0.25) is 19.7 Å². The zero-order valence-corrected chi connectivity index (χ0v) is 15.8. The summed E-state index contributed by atoms with van der Waals surface area (Å²) >= 11 is 0. The van der Waals surface area contributed by atoms with Crippen LogP contribution in [0.2, 0.25) is 0 Å². The van der Waals surface area contributed by atoms with E-state index in [0.717, 1.165) is 5.56 Å². The highest BCUT2D eigenvalue weighted by atomic mass is 16.5. The van der Waals surface area contributed by atoms with Gasteiger partial charge in [0.05, 0.1) is 19.0 Å². The number of fused-ring (bicyclic) bond motifs is 2. The molecule has 1 saturated heterocycles. The van der Waals surface area contributed by atoms with Crippen LogP contribution in [0.4, 0.5) is 4.79 Å². The van der Waals surface area contributed by atoms with Crippen LogP contribution in [0.5, 0.6) is 5.75 Å². The molecule has 0 radical (unpaired) electrons. The molecule has 4 heterocycles. The van der Waals surface area contributed by atoms with Crippen LogP contribution in [-0.2, 0) is 16.9 Å². The van der Waals surface area contributed by atoms with Crippen LogP contribution >= 0.6 is 0 Å². The van der Waals surface area contributed by atoms with Gasteiger partial charge in [-0.25, -0.2) is 4.79 Å². The van der Waals surface area contributed by atoms with E-state index in [9.17, 15) is 19.2 Å². The lowest BCUT2D eigenvalue weighted by Gasteiger charge is -2.29. The fourth-order valence-corrected chi connectivity index (χ4v) is 3.92. The van der Waals surface area contributed by atoms with E-state index in [1.165, 1.54) is 24.3 Å². The number of aromatic nitrogens is 1. The molecule has 2 aliphatic rings. The molecule has 10 heteroatoms. The first-order valence-corrected chi connectivity index (χ1v) is 9.13. The maximum atomic E-state index is 13.0. The molecule has 10 nitrogen and oxygen atoms in total. The molecule has 30 heavy (non-hydrogen) atoms. The highest BCUT2D eigenvalue weighted by molar-refractivity contribution is 6.08. The van der Waals surface area contributed by atoms with E-state index in [-0.39, 0.29) is 41.3 Å². The minimum atomic E-state index is -1.66. The van der Waals surface area contributed by atoms with Crippen molar-refractivity contribution in [2.45, 2.75) is 12.1 Å². The Morgan fingerprint density at radius 2 is 2.00 bits per heavy atom. The maximum absolute atomic E-state index is 13.0. The van der Waals surface area contributed by atoms with Gasteiger partial charge in [0.15, 0.2) is 5.54 Å². The van der Waals surface area contributed by atoms with Crippen molar-refractivity contribution in [1.29, 1.82) is 0 Å². The quantitative estimate of drug-likeness (QED) is 0.548.